The van der Waals surface area contributed by atoms with Crippen molar-refractivity contribution in [1.82, 2.24) is 15.6 Å². The van der Waals surface area contributed by atoms with E-state index in [1.54, 1.807) is 6.07 Å². The second-order valence-corrected chi connectivity index (χ2v) is 7.18. The predicted molar refractivity (Wildman–Crippen MR) is 104 cm³/mol. The minimum atomic E-state index is -0.964. The molecular formula is C21H27N3O3. The van der Waals surface area contributed by atoms with Crippen LogP contribution in [0.25, 0.3) is 10.9 Å². The molecule has 2 amide bonds. The topological polar surface area (TPSA) is 91.3 Å². The highest BCUT2D eigenvalue weighted by molar-refractivity contribution is 5.99. The maximum atomic E-state index is 12.5. The highest BCUT2D eigenvalue weighted by atomic mass is 16.3. The average molecular weight is 369 g/mol. The summed E-state index contributed by atoms with van der Waals surface area (Å²) >= 11 is 0. The summed E-state index contributed by atoms with van der Waals surface area (Å²) in [5, 5.41) is 16.1. The summed E-state index contributed by atoms with van der Waals surface area (Å²) in [5.74, 6) is -0.745. The van der Waals surface area contributed by atoms with Crippen LogP contribution in [0.1, 0.15) is 55.3 Å². The van der Waals surface area contributed by atoms with E-state index in [1.165, 1.54) is 25.5 Å². The van der Waals surface area contributed by atoms with Gasteiger partial charge in [0.25, 0.3) is 5.91 Å². The molecule has 0 unspecified atom stereocenters. The van der Waals surface area contributed by atoms with Crippen LogP contribution in [0.3, 0.4) is 0 Å². The molecule has 6 nitrogen and oxygen atoms in total. The van der Waals surface area contributed by atoms with Crippen molar-refractivity contribution in [3.63, 3.8) is 0 Å². The molecule has 0 spiro atoms. The number of hydrogen-bond acceptors (Lipinski definition) is 4. The van der Waals surface area contributed by atoms with Gasteiger partial charge in [-0.2, -0.15) is 0 Å². The van der Waals surface area contributed by atoms with Crippen molar-refractivity contribution in [2.24, 2.45) is 0 Å². The number of pyridine rings is 1. The lowest BCUT2D eigenvalue weighted by atomic mass is 9.96. The molecule has 0 radical (unpaired) electrons. The number of amides is 2. The monoisotopic (exact) mass is 369 g/mol. The van der Waals surface area contributed by atoms with E-state index in [1.807, 2.05) is 24.3 Å². The van der Waals surface area contributed by atoms with E-state index >= 15 is 0 Å². The van der Waals surface area contributed by atoms with Crippen molar-refractivity contribution >= 4 is 22.7 Å². The zero-order valence-electron chi connectivity index (χ0n) is 15.5. The third-order valence-corrected chi connectivity index (χ3v) is 5.11. The van der Waals surface area contributed by atoms with Gasteiger partial charge in [-0.3, -0.25) is 14.6 Å². The number of nitrogens with one attached hydrogen (secondary N) is 2. The molecule has 1 heterocycles. The normalized spacial score (nSPS) is 16.9. The Morgan fingerprint density at radius 3 is 2.56 bits per heavy atom. The molecule has 3 N–H and O–H groups in total. The first-order valence-corrected chi connectivity index (χ1v) is 9.74. The van der Waals surface area contributed by atoms with Gasteiger partial charge >= 0.3 is 0 Å². The maximum Gasteiger partial charge on any atom is 0.253 e. The van der Waals surface area contributed by atoms with E-state index in [4.69, 9.17) is 0 Å². The standard InChI is InChI=1S/C21H27N3O3/c25-14-19(21(27)23-17-9-4-2-1-3-5-10-17)24-20(26)16-12-15-8-6-7-11-18(15)22-13-16/h6-8,11-13,17,19,25H,1-5,9-10,14H2,(H,23,27)(H,24,26)/t19-/m0/s1. The van der Waals surface area contributed by atoms with Crippen LogP contribution in [0.4, 0.5) is 0 Å². The Bertz CT molecular complexity index is 785. The molecule has 1 aliphatic carbocycles. The molecule has 0 saturated heterocycles. The molecule has 6 heteroatoms. The lowest BCUT2D eigenvalue weighted by Crippen LogP contribution is -2.51. The van der Waals surface area contributed by atoms with Gasteiger partial charge in [-0.15, -0.1) is 0 Å². The van der Waals surface area contributed by atoms with Crippen LogP contribution in [0.2, 0.25) is 0 Å². The van der Waals surface area contributed by atoms with Crippen molar-refractivity contribution in [1.29, 1.82) is 0 Å². The minimum Gasteiger partial charge on any atom is -0.394 e. The quantitative estimate of drug-likeness (QED) is 0.755. The van der Waals surface area contributed by atoms with Crippen LogP contribution < -0.4 is 10.6 Å². The molecule has 1 aromatic heterocycles. The van der Waals surface area contributed by atoms with E-state index in [-0.39, 0.29) is 11.9 Å². The number of benzene rings is 1. The molecule has 0 bridgehead atoms. The first kappa shape index (κ1) is 19.3. The summed E-state index contributed by atoms with van der Waals surface area (Å²) in [4.78, 5) is 29.3. The number of aliphatic hydroxyl groups excluding tert-OH is 1. The molecule has 27 heavy (non-hydrogen) atoms. The van der Waals surface area contributed by atoms with Crippen molar-refractivity contribution in [2.75, 3.05) is 6.61 Å². The van der Waals surface area contributed by atoms with Gasteiger partial charge in [-0.1, -0.05) is 50.3 Å². The molecule has 1 fully saturated rings. The van der Waals surface area contributed by atoms with Crippen molar-refractivity contribution in [3.05, 3.63) is 42.1 Å². The summed E-state index contributed by atoms with van der Waals surface area (Å²) in [6.07, 6.45) is 9.24. The Morgan fingerprint density at radius 1 is 1.11 bits per heavy atom. The van der Waals surface area contributed by atoms with Gasteiger partial charge in [0.1, 0.15) is 6.04 Å². The first-order chi connectivity index (χ1) is 13.2. The van der Waals surface area contributed by atoms with Crippen LogP contribution in [0, 0.1) is 0 Å². The molecule has 1 saturated carbocycles. The fourth-order valence-corrected chi connectivity index (χ4v) is 3.53. The number of rotatable bonds is 5. The highest BCUT2D eigenvalue weighted by Crippen LogP contribution is 2.17. The lowest BCUT2D eigenvalue weighted by molar-refractivity contribution is -0.124. The van der Waals surface area contributed by atoms with Gasteiger partial charge < -0.3 is 15.7 Å². The summed E-state index contributed by atoms with van der Waals surface area (Å²) in [6, 6.07) is 8.40. The van der Waals surface area contributed by atoms with Gasteiger partial charge in [0.15, 0.2) is 0 Å². The number of carbonyl (C=O) groups excluding carboxylic acids is 2. The van der Waals surface area contributed by atoms with Crippen molar-refractivity contribution in [2.45, 2.75) is 57.0 Å². The SMILES string of the molecule is O=C(N[C@@H](CO)C(=O)NC1CCCCCCC1)c1cnc2ccccc2c1. The second kappa shape index (κ2) is 9.46. The molecule has 3 rings (SSSR count). The van der Waals surface area contributed by atoms with E-state index in [9.17, 15) is 14.7 Å². The van der Waals surface area contributed by atoms with Gasteiger partial charge in [-0.25, -0.2) is 0 Å². The number of aliphatic hydroxyl groups is 1. The first-order valence-electron chi connectivity index (χ1n) is 9.74. The van der Waals surface area contributed by atoms with E-state index in [0.717, 1.165) is 36.6 Å². The summed E-state index contributed by atoms with van der Waals surface area (Å²) in [5.41, 5.74) is 1.17. The Morgan fingerprint density at radius 2 is 1.81 bits per heavy atom. The average Bonchev–Trinajstić information content (AvgIpc) is 2.67. The van der Waals surface area contributed by atoms with Crippen LogP contribution in [0.15, 0.2) is 36.5 Å². The Labute approximate surface area is 159 Å². The molecule has 2 aromatic rings. The van der Waals surface area contributed by atoms with Crippen LogP contribution in [-0.4, -0.2) is 40.6 Å². The summed E-state index contributed by atoms with van der Waals surface area (Å²) in [7, 11) is 0. The van der Waals surface area contributed by atoms with Gasteiger partial charge in [0.2, 0.25) is 5.91 Å². The molecule has 1 atom stereocenters. The Balaban J connectivity index is 1.62. The van der Waals surface area contributed by atoms with Gasteiger partial charge in [0, 0.05) is 17.6 Å². The van der Waals surface area contributed by atoms with E-state index in [2.05, 4.69) is 15.6 Å². The summed E-state index contributed by atoms with van der Waals surface area (Å²) in [6.45, 7) is -0.439. The van der Waals surface area contributed by atoms with Crippen LogP contribution in [0.5, 0.6) is 0 Å². The molecule has 144 valence electrons. The Kier molecular flexibility index (Phi) is 6.76. The largest absolute Gasteiger partial charge is 0.394 e. The molecule has 0 aliphatic heterocycles. The van der Waals surface area contributed by atoms with E-state index < -0.39 is 18.6 Å². The molecule has 1 aromatic carbocycles. The zero-order valence-corrected chi connectivity index (χ0v) is 15.5. The van der Waals surface area contributed by atoms with Gasteiger partial charge in [0.05, 0.1) is 17.7 Å². The number of nitrogens with zero attached hydrogens (tertiary/aromatic N) is 1. The number of para-hydroxylation sites is 1. The molecular weight excluding hydrogens is 342 g/mol. The number of aromatic nitrogens is 1. The lowest BCUT2D eigenvalue weighted by Gasteiger charge is -2.24. The number of hydrogen-bond donors (Lipinski definition) is 3. The second-order valence-electron chi connectivity index (χ2n) is 7.18. The molecule has 1 aliphatic rings. The van der Waals surface area contributed by atoms with Gasteiger partial charge in [-0.05, 0) is 25.0 Å². The predicted octanol–water partition coefficient (Wildman–Crippen LogP) is 2.55. The smallest absolute Gasteiger partial charge is 0.253 e. The van der Waals surface area contributed by atoms with E-state index in [0.29, 0.717) is 5.56 Å². The van der Waals surface area contributed by atoms with Crippen LogP contribution >= 0.6 is 0 Å². The maximum absolute atomic E-state index is 12.5. The van der Waals surface area contributed by atoms with Crippen molar-refractivity contribution in [3.8, 4) is 0 Å². The third kappa shape index (κ3) is 5.26. The Hall–Kier alpha value is -2.47. The van der Waals surface area contributed by atoms with Crippen LogP contribution in [-0.2, 0) is 4.79 Å². The zero-order chi connectivity index (χ0) is 19.1. The fourth-order valence-electron chi connectivity index (χ4n) is 3.53. The number of carbonyl (C=O) groups is 2. The minimum absolute atomic E-state index is 0.117. The van der Waals surface area contributed by atoms with Crippen molar-refractivity contribution < 1.29 is 14.7 Å². The number of fused-ring (bicyclic) bond motifs is 1. The highest BCUT2D eigenvalue weighted by Gasteiger charge is 2.23. The third-order valence-electron chi connectivity index (χ3n) is 5.11. The fraction of sp³-hybridized carbons (Fsp3) is 0.476. The summed E-state index contributed by atoms with van der Waals surface area (Å²) < 4.78 is 0.